The highest BCUT2D eigenvalue weighted by molar-refractivity contribution is 5.92. The summed E-state index contributed by atoms with van der Waals surface area (Å²) < 4.78 is 0. The van der Waals surface area contributed by atoms with Crippen LogP contribution in [0.1, 0.15) is 11.1 Å². The molecule has 0 bridgehead atoms. The molecule has 0 aliphatic heterocycles. The van der Waals surface area contributed by atoms with E-state index < -0.39 is 53.9 Å². The Labute approximate surface area is 198 Å². The molecule has 0 aliphatic carbocycles. The number of nitro benzene ring substituents is 4. The van der Waals surface area contributed by atoms with E-state index in [0.717, 1.165) is 24.6 Å². The maximum atomic E-state index is 11.1. The van der Waals surface area contributed by atoms with Gasteiger partial charge in [-0.05, 0) is 12.1 Å². The average molecular weight is 496 g/mol. The van der Waals surface area contributed by atoms with Gasteiger partial charge in [0.2, 0.25) is 11.5 Å². The summed E-state index contributed by atoms with van der Waals surface area (Å²) in [5.41, 5.74) is -3.61. The number of para-hydroxylation sites is 2. The predicted octanol–water partition coefficient (Wildman–Crippen LogP) is 4.23. The normalized spacial score (nSPS) is 11.1. The molecule has 2 N–H and O–H groups in total. The van der Waals surface area contributed by atoms with Crippen LogP contribution in [0.5, 0.6) is 11.5 Å². The SMILES string of the molecule is O=[N+]([O-])c1cc(C=Nc2ccccc2N=Cc2cc([N+](=O)[O-])cc([N+](=O)[O-])c2O)c(O)c([N+](=O)[O-])c1. The van der Waals surface area contributed by atoms with Crippen LogP contribution in [0.3, 0.4) is 0 Å². The lowest BCUT2D eigenvalue weighted by Crippen LogP contribution is -1.96. The highest BCUT2D eigenvalue weighted by atomic mass is 16.6. The number of aliphatic imine (C=N–C) groups is 2. The first-order valence-corrected chi connectivity index (χ1v) is 9.48. The maximum Gasteiger partial charge on any atom is 0.318 e. The molecule has 0 saturated heterocycles. The summed E-state index contributed by atoms with van der Waals surface area (Å²) in [4.78, 5) is 48.7. The molecule has 3 aromatic carbocycles. The Bertz CT molecular complexity index is 1370. The first-order chi connectivity index (χ1) is 17.0. The van der Waals surface area contributed by atoms with E-state index in [0.29, 0.717) is 12.1 Å². The molecule has 0 unspecified atom stereocenters. The molecule has 0 atom stereocenters. The van der Waals surface area contributed by atoms with Gasteiger partial charge in [0, 0.05) is 35.7 Å². The van der Waals surface area contributed by atoms with E-state index >= 15 is 0 Å². The Kier molecular flexibility index (Phi) is 6.90. The smallest absolute Gasteiger partial charge is 0.318 e. The van der Waals surface area contributed by atoms with Crippen LogP contribution >= 0.6 is 0 Å². The minimum absolute atomic E-state index is 0.0849. The number of aromatic hydroxyl groups is 2. The predicted molar refractivity (Wildman–Crippen MR) is 124 cm³/mol. The number of hydrogen-bond donors (Lipinski definition) is 2. The second-order valence-electron chi connectivity index (χ2n) is 6.84. The third-order valence-electron chi connectivity index (χ3n) is 4.59. The highest BCUT2D eigenvalue weighted by Gasteiger charge is 2.24. The zero-order chi connectivity index (χ0) is 26.6. The molecule has 0 spiro atoms. The van der Waals surface area contributed by atoms with Gasteiger partial charge < -0.3 is 10.2 Å². The largest absolute Gasteiger partial charge is 0.502 e. The van der Waals surface area contributed by atoms with E-state index in [4.69, 9.17) is 0 Å². The van der Waals surface area contributed by atoms with E-state index in [9.17, 15) is 50.7 Å². The van der Waals surface area contributed by atoms with Gasteiger partial charge in [-0.3, -0.25) is 50.4 Å². The summed E-state index contributed by atoms with van der Waals surface area (Å²) in [6.07, 6.45) is 1.86. The maximum absolute atomic E-state index is 11.1. The van der Waals surface area contributed by atoms with Crippen molar-refractivity contribution >= 4 is 46.6 Å². The third kappa shape index (κ3) is 5.22. The minimum atomic E-state index is -0.997. The van der Waals surface area contributed by atoms with Crippen molar-refractivity contribution in [2.75, 3.05) is 0 Å². The molecular weight excluding hydrogens is 484 g/mol. The Morgan fingerprint density at radius 2 is 0.972 bits per heavy atom. The fourth-order valence-electron chi connectivity index (χ4n) is 2.90. The van der Waals surface area contributed by atoms with Gasteiger partial charge in [0.25, 0.3) is 11.4 Å². The standard InChI is InChI=1S/C20H12N6O10/c27-19-11(5-13(23(29)30)7-17(19)25(33)34)9-21-15-3-1-2-4-16(15)22-10-12-6-14(24(31)32)8-18(20(12)28)26(35)36/h1-10,27-28H. The molecule has 16 heteroatoms. The van der Waals surface area contributed by atoms with E-state index in [2.05, 4.69) is 9.98 Å². The number of hydrogen-bond acceptors (Lipinski definition) is 12. The Morgan fingerprint density at radius 3 is 1.28 bits per heavy atom. The van der Waals surface area contributed by atoms with Crippen LogP contribution < -0.4 is 0 Å². The summed E-state index contributed by atoms with van der Waals surface area (Å²) in [6.45, 7) is 0. The van der Waals surface area contributed by atoms with Gasteiger partial charge in [0.1, 0.15) is 0 Å². The lowest BCUT2D eigenvalue weighted by atomic mass is 10.1. The van der Waals surface area contributed by atoms with Gasteiger partial charge >= 0.3 is 11.4 Å². The van der Waals surface area contributed by atoms with Gasteiger partial charge in [0.15, 0.2) is 0 Å². The molecule has 0 aliphatic rings. The molecular formula is C20H12N6O10. The first kappa shape index (κ1) is 24.8. The molecule has 0 aromatic heterocycles. The van der Waals surface area contributed by atoms with Crippen molar-refractivity contribution in [2.24, 2.45) is 9.98 Å². The summed E-state index contributed by atoms with van der Waals surface area (Å²) >= 11 is 0. The number of phenolic OH excluding ortho intramolecular Hbond substituents is 2. The second kappa shape index (κ2) is 10.00. The Morgan fingerprint density at radius 1 is 0.611 bits per heavy atom. The van der Waals surface area contributed by atoms with E-state index in [1.54, 1.807) is 0 Å². The summed E-state index contributed by atoms with van der Waals surface area (Å²) in [5, 5.41) is 64.6. The van der Waals surface area contributed by atoms with Crippen molar-refractivity contribution < 1.29 is 29.9 Å². The quantitative estimate of drug-likeness (QED) is 0.255. The topological polar surface area (TPSA) is 238 Å². The summed E-state index contributed by atoms with van der Waals surface area (Å²) in [5.74, 6) is -1.71. The number of benzene rings is 3. The molecule has 0 heterocycles. The van der Waals surface area contributed by atoms with Crippen LogP contribution in [0.2, 0.25) is 0 Å². The lowest BCUT2D eigenvalue weighted by molar-refractivity contribution is -0.395. The van der Waals surface area contributed by atoms with E-state index in [-0.39, 0.29) is 22.5 Å². The molecule has 0 fully saturated rings. The van der Waals surface area contributed by atoms with Crippen LogP contribution in [0.25, 0.3) is 0 Å². The van der Waals surface area contributed by atoms with E-state index in [1.165, 1.54) is 24.3 Å². The van der Waals surface area contributed by atoms with Crippen LogP contribution in [0.4, 0.5) is 34.1 Å². The molecule has 182 valence electrons. The van der Waals surface area contributed by atoms with E-state index in [1.807, 2.05) is 0 Å². The average Bonchev–Trinajstić information content (AvgIpc) is 2.82. The highest BCUT2D eigenvalue weighted by Crippen LogP contribution is 2.36. The van der Waals surface area contributed by atoms with Crippen molar-refractivity contribution in [2.45, 2.75) is 0 Å². The fourth-order valence-corrected chi connectivity index (χ4v) is 2.90. The Balaban J connectivity index is 2.05. The third-order valence-corrected chi connectivity index (χ3v) is 4.59. The van der Waals surface area contributed by atoms with Crippen molar-refractivity contribution in [3.8, 4) is 11.5 Å². The molecule has 36 heavy (non-hydrogen) atoms. The molecule has 16 nitrogen and oxygen atoms in total. The number of phenols is 2. The van der Waals surface area contributed by atoms with Crippen molar-refractivity contribution in [1.82, 2.24) is 0 Å². The van der Waals surface area contributed by atoms with Crippen molar-refractivity contribution in [3.63, 3.8) is 0 Å². The molecule has 0 saturated carbocycles. The number of non-ortho nitro benzene ring substituents is 2. The van der Waals surface area contributed by atoms with Gasteiger partial charge in [-0.1, -0.05) is 12.1 Å². The summed E-state index contributed by atoms with van der Waals surface area (Å²) in [7, 11) is 0. The molecule has 0 radical (unpaired) electrons. The molecule has 3 rings (SSSR count). The number of rotatable bonds is 8. The van der Waals surface area contributed by atoms with Gasteiger partial charge in [-0.2, -0.15) is 0 Å². The number of nitrogens with zero attached hydrogens (tertiary/aromatic N) is 6. The van der Waals surface area contributed by atoms with Crippen LogP contribution in [0, 0.1) is 40.5 Å². The van der Waals surface area contributed by atoms with Gasteiger partial charge in [-0.15, -0.1) is 0 Å². The van der Waals surface area contributed by atoms with Gasteiger partial charge in [-0.25, -0.2) is 0 Å². The molecule has 3 aromatic rings. The number of nitro groups is 4. The van der Waals surface area contributed by atoms with Gasteiger partial charge in [0.05, 0.1) is 43.2 Å². The fraction of sp³-hybridized carbons (Fsp3) is 0. The van der Waals surface area contributed by atoms with Crippen LogP contribution in [0.15, 0.2) is 58.5 Å². The van der Waals surface area contributed by atoms with Crippen LogP contribution in [-0.2, 0) is 0 Å². The lowest BCUT2D eigenvalue weighted by Gasteiger charge is -2.03. The van der Waals surface area contributed by atoms with Crippen molar-refractivity contribution in [3.05, 3.63) is 100 Å². The van der Waals surface area contributed by atoms with Crippen LogP contribution in [-0.4, -0.2) is 42.3 Å². The first-order valence-electron chi connectivity index (χ1n) is 9.48. The monoisotopic (exact) mass is 496 g/mol. The Hall–Kier alpha value is -5.80. The van der Waals surface area contributed by atoms with Crippen molar-refractivity contribution in [1.29, 1.82) is 0 Å². The second-order valence-corrected chi connectivity index (χ2v) is 6.84. The minimum Gasteiger partial charge on any atom is -0.502 e. The zero-order valence-electron chi connectivity index (χ0n) is 17.6. The summed E-state index contributed by atoms with van der Waals surface area (Å²) in [6, 6.07) is 8.82. The zero-order valence-corrected chi connectivity index (χ0v) is 17.6. The molecule has 0 amide bonds.